The number of H-pyrrole nitrogens is 1. The molecule has 5 unspecified atom stereocenters. The van der Waals surface area contributed by atoms with Gasteiger partial charge in [-0.3, -0.25) is 14.7 Å². The van der Waals surface area contributed by atoms with Gasteiger partial charge in [0.1, 0.15) is 42.1 Å². The second-order valence-corrected chi connectivity index (χ2v) is 22.8. The Labute approximate surface area is 479 Å². The molecule has 17 nitrogen and oxygen atoms in total. The quantitative estimate of drug-likeness (QED) is 0.0559. The molecule has 83 heavy (non-hydrogen) atoms. The number of hydrogen-bond donors (Lipinski definition) is 4. The smallest absolute Gasteiger partial charge is 0.319 e. The van der Waals surface area contributed by atoms with Crippen LogP contribution in [0.4, 0.5) is 19.0 Å². The first-order valence-electron chi connectivity index (χ1n) is 28.7. The van der Waals surface area contributed by atoms with Crippen LogP contribution in [0.3, 0.4) is 0 Å². The van der Waals surface area contributed by atoms with Crippen molar-refractivity contribution in [2.45, 2.75) is 122 Å². The zero-order valence-corrected chi connectivity index (χ0v) is 47.5. The van der Waals surface area contributed by atoms with Crippen molar-refractivity contribution in [2.24, 2.45) is 5.92 Å². The number of anilines is 1. The van der Waals surface area contributed by atoms with Crippen LogP contribution in [-0.4, -0.2) is 122 Å². The van der Waals surface area contributed by atoms with Crippen LogP contribution in [0.1, 0.15) is 106 Å². The molecule has 8 aromatic rings. The molecule has 4 N–H and O–H groups in total. The number of carbonyl (C=O) groups is 2. The molecule has 2 bridgehead atoms. The largest absolute Gasteiger partial charge is 0.486 e. The highest BCUT2D eigenvalue weighted by Gasteiger charge is 2.38. The molecule has 5 aromatic carbocycles. The minimum Gasteiger partial charge on any atom is -0.486 e. The van der Waals surface area contributed by atoms with Gasteiger partial charge in [0.25, 0.3) is 0 Å². The molecular weight excluding hydrogens is 1060 g/mol. The Kier molecular flexibility index (Phi) is 16.8. The van der Waals surface area contributed by atoms with Gasteiger partial charge in [0.15, 0.2) is 17.4 Å². The van der Waals surface area contributed by atoms with Gasteiger partial charge < -0.3 is 39.8 Å². The molecular formula is C63H70F3N11O6. The molecule has 12 rings (SSSR count). The van der Waals surface area contributed by atoms with Gasteiger partial charge in [0, 0.05) is 77.9 Å². The number of nitrogens with zero attached hydrogens (tertiary/aromatic N) is 8. The maximum absolute atomic E-state index is 16.0. The summed E-state index contributed by atoms with van der Waals surface area (Å²) in [6.07, 6.45) is 10.3. The van der Waals surface area contributed by atoms with Crippen molar-refractivity contribution in [3.05, 3.63) is 131 Å². The summed E-state index contributed by atoms with van der Waals surface area (Å²) in [6.45, 7) is 12.6. The van der Waals surface area contributed by atoms with Crippen LogP contribution < -0.4 is 25.0 Å². The van der Waals surface area contributed by atoms with Gasteiger partial charge in [0.2, 0.25) is 12.3 Å². The number of amides is 2. The van der Waals surface area contributed by atoms with Gasteiger partial charge in [-0.1, -0.05) is 79.7 Å². The van der Waals surface area contributed by atoms with E-state index >= 15 is 4.39 Å². The summed E-state index contributed by atoms with van der Waals surface area (Å²) in [7, 11) is 1.66. The van der Waals surface area contributed by atoms with Gasteiger partial charge in [-0.25, -0.2) is 17.9 Å². The van der Waals surface area contributed by atoms with E-state index in [4.69, 9.17) is 29.3 Å². The molecule has 1 aliphatic carbocycles. The summed E-state index contributed by atoms with van der Waals surface area (Å²) >= 11 is 0. The Morgan fingerprint density at radius 3 is 2.31 bits per heavy atom. The molecule has 434 valence electrons. The van der Waals surface area contributed by atoms with Crippen LogP contribution in [0.5, 0.6) is 11.8 Å². The zero-order valence-electron chi connectivity index (χ0n) is 47.5. The number of aliphatic hydroxyl groups excluding tert-OH is 1. The summed E-state index contributed by atoms with van der Waals surface area (Å²) in [4.78, 5) is 38.7. The van der Waals surface area contributed by atoms with Crippen LogP contribution >= 0.6 is 0 Å². The third-order valence-corrected chi connectivity index (χ3v) is 16.7. The highest BCUT2D eigenvalue weighted by Crippen LogP contribution is 2.53. The van der Waals surface area contributed by atoms with E-state index in [1.54, 1.807) is 42.3 Å². The van der Waals surface area contributed by atoms with Crippen molar-refractivity contribution in [1.29, 1.82) is 0 Å². The van der Waals surface area contributed by atoms with E-state index in [0.29, 0.717) is 57.7 Å². The number of piperazine rings is 1. The number of benzene rings is 5. The molecule has 4 aliphatic rings. The average molecular weight is 1130 g/mol. The number of carbonyl (C=O) groups excluding carboxylic acids is 2. The number of ether oxygens (including phenoxy) is 3. The number of fused-ring (bicyclic) bond motifs is 4. The van der Waals surface area contributed by atoms with Crippen molar-refractivity contribution in [3.63, 3.8) is 0 Å². The van der Waals surface area contributed by atoms with E-state index in [1.165, 1.54) is 18.2 Å². The standard InChI is InChI=1S/C48H57FN10O4.C15H13F2NO2/c1-26(2)44(47(60)58-17-7-8-27(58)3)59-23-40(55-56-59)32-11-9-30(10-12-32)25-62-45-42(41-29(5)38(49)19-39-37(41)20-50-54-39)35(31-13-14-31)18-36-43(45)52-48(63-24-28(4)61-6)53-46(36)57-21-33-15-16-34(22-57)51-33;16-13-3-1-2-12(15(13)17)10-4-6-11(7-5-10)14(8-19)18-9-20/h9-12,18-20,23,26-28,31,33-34,44,51H,7-8,13-17,21-22,24-25H2,1-6H3,(H,50,54);1-7,9,14,19H,8H2,(H,18,20)/t27?,28-,33?,34?,44?;/m0./s1. The average Bonchev–Trinajstić information content (AvgIpc) is 2.53. The lowest BCUT2D eigenvalue weighted by Gasteiger charge is -2.34. The number of rotatable bonds is 19. The van der Waals surface area contributed by atoms with E-state index in [2.05, 4.69) is 62.9 Å². The van der Waals surface area contributed by atoms with E-state index in [1.807, 2.05) is 49.2 Å². The van der Waals surface area contributed by atoms with E-state index in [0.717, 1.165) is 109 Å². The first-order chi connectivity index (χ1) is 40.2. The van der Waals surface area contributed by atoms with Crippen LogP contribution in [0.2, 0.25) is 0 Å². The number of nitrogens with one attached hydrogen (secondary N) is 3. The first kappa shape index (κ1) is 56.9. The summed E-state index contributed by atoms with van der Waals surface area (Å²) < 4.78 is 63.5. The molecule has 3 aromatic heterocycles. The van der Waals surface area contributed by atoms with Crippen LogP contribution in [0, 0.1) is 30.3 Å². The number of aromatic amines is 1. The van der Waals surface area contributed by atoms with Crippen molar-refractivity contribution in [1.82, 2.24) is 50.7 Å². The minimum atomic E-state index is -0.901. The Bertz CT molecular complexity index is 3620. The third kappa shape index (κ3) is 11.9. The predicted octanol–water partition coefficient (Wildman–Crippen LogP) is 10.3. The van der Waals surface area contributed by atoms with E-state index < -0.39 is 23.7 Å². The number of methoxy groups -OCH3 is 1. The lowest BCUT2D eigenvalue weighted by molar-refractivity contribution is -0.137. The number of aromatic nitrogens is 7. The Morgan fingerprint density at radius 1 is 0.892 bits per heavy atom. The van der Waals surface area contributed by atoms with Crippen molar-refractivity contribution < 1.29 is 42.1 Å². The Balaban J connectivity index is 0.000000305. The third-order valence-electron chi connectivity index (χ3n) is 16.7. The van der Waals surface area contributed by atoms with Crippen LogP contribution in [-0.2, 0) is 20.9 Å². The summed E-state index contributed by atoms with van der Waals surface area (Å²) in [6, 6.07) is 22.6. The second-order valence-electron chi connectivity index (χ2n) is 22.8. The van der Waals surface area contributed by atoms with Gasteiger partial charge in [-0.2, -0.15) is 15.1 Å². The van der Waals surface area contributed by atoms with Crippen LogP contribution in [0.25, 0.3) is 55.3 Å². The normalized spacial score (nSPS) is 18.8. The topological polar surface area (TPSA) is 198 Å². The highest BCUT2D eigenvalue weighted by atomic mass is 19.2. The van der Waals surface area contributed by atoms with Gasteiger partial charge in [-0.15, -0.1) is 5.10 Å². The number of halogens is 3. The summed E-state index contributed by atoms with van der Waals surface area (Å²) in [5, 5.41) is 33.4. The molecule has 20 heteroatoms. The van der Waals surface area contributed by atoms with Gasteiger partial charge >= 0.3 is 6.01 Å². The van der Waals surface area contributed by atoms with Crippen molar-refractivity contribution >= 4 is 39.9 Å². The second kappa shape index (κ2) is 24.5. The van der Waals surface area contributed by atoms with Crippen molar-refractivity contribution in [2.75, 3.05) is 44.9 Å². The molecule has 4 fully saturated rings. The number of hydrogen-bond acceptors (Lipinski definition) is 13. The molecule has 0 radical (unpaired) electrons. The van der Waals surface area contributed by atoms with E-state index in [-0.39, 0.29) is 67.1 Å². The number of aliphatic hydroxyl groups is 1. The molecule has 2 amide bonds. The van der Waals surface area contributed by atoms with E-state index in [9.17, 15) is 18.4 Å². The lowest BCUT2D eigenvalue weighted by Crippen LogP contribution is -2.51. The Morgan fingerprint density at radius 2 is 1.64 bits per heavy atom. The highest BCUT2D eigenvalue weighted by molar-refractivity contribution is 6.06. The van der Waals surface area contributed by atoms with Gasteiger partial charge in [0.05, 0.1) is 36.7 Å². The lowest BCUT2D eigenvalue weighted by atomic mass is 9.88. The predicted molar refractivity (Wildman–Crippen MR) is 310 cm³/mol. The van der Waals surface area contributed by atoms with Crippen molar-refractivity contribution in [3.8, 4) is 45.3 Å². The monoisotopic (exact) mass is 1130 g/mol. The van der Waals surface area contributed by atoms with Gasteiger partial charge in [-0.05, 0) is 117 Å². The fourth-order valence-electron chi connectivity index (χ4n) is 11.9. The fraction of sp³-hybridized carbons (Fsp3) is 0.413. The number of likely N-dealkylation sites (tertiary alicyclic amines) is 1. The Hall–Kier alpha value is -7.94. The molecule has 1 saturated carbocycles. The zero-order chi connectivity index (χ0) is 58.1. The molecule has 3 aliphatic heterocycles. The minimum absolute atomic E-state index is 0.0458. The molecule has 6 atom stereocenters. The van der Waals surface area contributed by atoms with Crippen LogP contribution in [0.15, 0.2) is 91.3 Å². The molecule has 6 heterocycles. The fourth-order valence-corrected chi connectivity index (χ4v) is 11.9. The first-order valence-corrected chi connectivity index (χ1v) is 28.7. The molecule has 0 spiro atoms. The summed E-state index contributed by atoms with van der Waals surface area (Å²) in [5.74, 6) is -0.348. The maximum atomic E-state index is 16.0. The summed E-state index contributed by atoms with van der Waals surface area (Å²) in [5.41, 5.74) is 8.24. The molecule has 3 saturated heterocycles. The SMILES string of the molecule is CO[C@@H](C)COc1nc(N2CC3CCC(C2)N3)c2cc(C3CC3)c(-c3c(C)c(F)cc4[nH]ncc34)c(OCc3ccc(-c4cn(C(C(=O)N5CCCC5C)C(C)C)nn4)cc3)c2n1.O=CNC(CO)c1ccc(-c2cccc(F)c2F)cc1. The maximum Gasteiger partial charge on any atom is 0.319 e.